The van der Waals surface area contributed by atoms with E-state index in [-0.39, 0.29) is 12.0 Å². The minimum Gasteiger partial charge on any atom is -0.486 e. The molecule has 1 amide bonds. The smallest absolute Gasteiger partial charge is 0.222 e. The first-order chi connectivity index (χ1) is 13.3. The first-order valence-corrected chi connectivity index (χ1v) is 9.70. The lowest BCUT2D eigenvalue weighted by atomic mass is 10.1. The second-order valence-electron chi connectivity index (χ2n) is 7.18. The molecule has 0 spiro atoms. The first kappa shape index (κ1) is 17.9. The van der Waals surface area contributed by atoms with Gasteiger partial charge in [0.15, 0.2) is 11.5 Å². The quantitative estimate of drug-likeness (QED) is 0.816. The summed E-state index contributed by atoms with van der Waals surface area (Å²) in [6.07, 6.45) is 1.15. The van der Waals surface area contributed by atoms with E-state index < -0.39 is 0 Å². The van der Waals surface area contributed by atoms with E-state index in [4.69, 9.17) is 9.47 Å². The highest BCUT2D eigenvalue weighted by molar-refractivity contribution is 5.76. The Balaban J connectivity index is 1.20. The molecule has 0 bridgehead atoms. The van der Waals surface area contributed by atoms with Crippen LogP contribution < -0.4 is 9.47 Å². The molecule has 5 heteroatoms. The van der Waals surface area contributed by atoms with Crippen molar-refractivity contribution >= 4 is 5.91 Å². The Kier molecular flexibility index (Phi) is 5.58. The summed E-state index contributed by atoms with van der Waals surface area (Å²) in [7, 11) is 0. The van der Waals surface area contributed by atoms with Gasteiger partial charge in [-0.25, -0.2) is 0 Å². The third-order valence-electron chi connectivity index (χ3n) is 5.22. The molecule has 0 unspecified atom stereocenters. The Morgan fingerprint density at radius 2 is 1.63 bits per heavy atom. The predicted octanol–water partition coefficient (Wildman–Crippen LogP) is 2.95. The molecule has 5 nitrogen and oxygen atoms in total. The van der Waals surface area contributed by atoms with Gasteiger partial charge in [0.2, 0.25) is 5.91 Å². The summed E-state index contributed by atoms with van der Waals surface area (Å²) in [5.74, 6) is 1.78. The average molecular weight is 366 g/mol. The van der Waals surface area contributed by atoms with Crippen LogP contribution in [0.2, 0.25) is 0 Å². The molecule has 0 aliphatic carbocycles. The third kappa shape index (κ3) is 4.61. The van der Waals surface area contributed by atoms with Crippen LogP contribution in [-0.2, 0) is 11.3 Å². The van der Waals surface area contributed by atoms with E-state index in [0.29, 0.717) is 19.4 Å². The molecule has 2 aromatic carbocycles. The molecule has 1 saturated heterocycles. The normalized spacial score (nSPS) is 19.7. The van der Waals surface area contributed by atoms with E-state index in [2.05, 4.69) is 29.2 Å². The van der Waals surface area contributed by atoms with E-state index in [0.717, 1.165) is 44.2 Å². The minimum absolute atomic E-state index is 0.0526. The van der Waals surface area contributed by atoms with Crippen LogP contribution in [0.4, 0.5) is 0 Å². The maximum atomic E-state index is 12.6. The van der Waals surface area contributed by atoms with Gasteiger partial charge in [0, 0.05) is 39.1 Å². The molecule has 0 aromatic heterocycles. The zero-order valence-corrected chi connectivity index (χ0v) is 15.5. The van der Waals surface area contributed by atoms with Crippen LogP contribution in [0.25, 0.3) is 0 Å². The van der Waals surface area contributed by atoms with Crippen molar-refractivity contribution in [2.24, 2.45) is 0 Å². The number of ether oxygens (including phenoxy) is 2. The number of nitrogens with zero attached hydrogens (tertiary/aromatic N) is 2. The monoisotopic (exact) mass is 366 g/mol. The lowest BCUT2D eigenvalue weighted by molar-refractivity contribution is -0.133. The number of carbonyl (C=O) groups is 1. The van der Waals surface area contributed by atoms with Crippen LogP contribution in [0.1, 0.15) is 18.4 Å². The number of hydrogen-bond donors (Lipinski definition) is 0. The molecule has 142 valence electrons. The number of para-hydroxylation sites is 2. The highest BCUT2D eigenvalue weighted by Crippen LogP contribution is 2.31. The van der Waals surface area contributed by atoms with E-state index >= 15 is 0 Å². The molecule has 0 N–H and O–H groups in total. The summed E-state index contributed by atoms with van der Waals surface area (Å²) in [6, 6.07) is 18.2. The lowest BCUT2D eigenvalue weighted by Crippen LogP contribution is -2.48. The lowest BCUT2D eigenvalue weighted by Gasteiger charge is -2.35. The van der Waals surface area contributed by atoms with Crippen LogP contribution in [-0.4, -0.2) is 54.6 Å². The first-order valence-electron chi connectivity index (χ1n) is 9.70. The zero-order valence-electron chi connectivity index (χ0n) is 15.5. The van der Waals surface area contributed by atoms with Gasteiger partial charge in [-0.05, 0) is 24.1 Å². The summed E-state index contributed by atoms with van der Waals surface area (Å²) in [6.45, 7) is 4.92. The van der Waals surface area contributed by atoms with Crippen LogP contribution in [0.5, 0.6) is 11.5 Å². The minimum atomic E-state index is -0.0526. The van der Waals surface area contributed by atoms with Crippen LogP contribution in [0.3, 0.4) is 0 Å². The molecular formula is C22H26N2O3. The Morgan fingerprint density at radius 1 is 0.926 bits per heavy atom. The van der Waals surface area contributed by atoms with E-state index in [9.17, 15) is 4.79 Å². The van der Waals surface area contributed by atoms with Crippen molar-refractivity contribution in [3.05, 3.63) is 60.2 Å². The van der Waals surface area contributed by atoms with Gasteiger partial charge >= 0.3 is 0 Å². The summed E-state index contributed by atoms with van der Waals surface area (Å²) in [4.78, 5) is 17.0. The van der Waals surface area contributed by atoms with Crippen molar-refractivity contribution in [3.8, 4) is 11.5 Å². The van der Waals surface area contributed by atoms with E-state index in [1.165, 1.54) is 5.56 Å². The standard InChI is InChI=1S/C22H26N2O3/c25-22(11-10-19-17-26-20-8-4-5-9-21(20)27-19)24-14-12-23(13-15-24)16-18-6-2-1-3-7-18/h1-9,19H,10-17H2/t19-/m1/s1. The Bertz CT molecular complexity index is 757. The summed E-state index contributed by atoms with van der Waals surface area (Å²) in [5, 5.41) is 0. The molecule has 2 heterocycles. The van der Waals surface area contributed by atoms with Gasteiger partial charge in [0.05, 0.1) is 0 Å². The molecule has 2 aliphatic heterocycles. The topological polar surface area (TPSA) is 42.0 Å². The molecule has 2 aliphatic rings. The largest absolute Gasteiger partial charge is 0.486 e. The van der Waals surface area contributed by atoms with Gasteiger partial charge in [-0.2, -0.15) is 0 Å². The fraction of sp³-hybridized carbons (Fsp3) is 0.409. The molecule has 2 aromatic rings. The predicted molar refractivity (Wildman–Crippen MR) is 104 cm³/mol. The maximum absolute atomic E-state index is 12.6. The van der Waals surface area contributed by atoms with Crippen molar-refractivity contribution in [2.45, 2.75) is 25.5 Å². The molecule has 1 fully saturated rings. The van der Waals surface area contributed by atoms with Crippen molar-refractivity contribution in [1.29, 1.82) is 0 Å². The van der Waals surface area contributed by atoms with Crippen LogP contribution in [0, 0.1) is 0 Å². The Hall–Kier alpha value is -2.53. The van der Waals surface area contributed by atoms with Crippen LogP contribution in [0.15, 0.2) is 54.6 Å². The average Bonchev–Trinajstić information content (AvgIpc) is 2.73. The zero-order chi connectivity index (χ0) is 18.5. The number of carbonyl (C=O) groups excluding carboxylic acids is 1. The fourth-order valence-electron chi connectivity index (χ4n) is 3.64. The number of rotatable bonds is 5. The van der Waals surface area contributed by atoms with Gasteiger partial charge in [0.1, 0.15) is 12.7 Å². The number of hydrogen-bond acceptors (Lipinski definition) is 4. The Morgan fingerprint density at radius 3 is 2.41 bits per heavy atom. The van der Waals surface area contributed by atoms with Gasteiger partial charge in [-0.15, -0.1) is 0 Å². The summed E-state index contributed by atoms with van der Waals surface area (Å²) < 4.78 is 11.7. The highest BCUT2D eigenvalue weighted by atomic mass is 16.6. The summed E-state index contributed by atoms with van der Waals surface area (Å²) >= 11 is 0. The molecule has 27 heavy (non-hydrogen) atoms. The van der Waals surface area contributed by atoms with E-state index in [1.807, 2.05) is 35.2 Å². The number of piperazine rings is 1. The second kappa shape index (κ2) is 8.44. The number of benzene rings is 2. The summed E-state index contributed by atoms with van der Waals surface area (Å²) in [5.41, 5.74) is 1.33. The molecule has 0 saturated carbocycles. The van der Waals surface area contributed by atoms with Gasteiger partial charge in [-0.3, -0.25) is 9.69 Å². The van der Waals surface area contributed by atoms with Crippen molar-refractivity contribution in [1.82, 2.24) is 9.80 Å². The number of fused-ring (bicyclic) bond motifs is 1. The van der Waals surface area contributed by atoms with Crippen molar-refractivity contribution in [2.75, 3.05) is 32.8 Å². The van der Waals surface area contributed by atoms with E-state index in [1.54, 1.807) is 0 Å². The molecular weight excluding hydrogens is 340 g/mol. The SMILES string of the molecule is O=C(CC[C@@H]1COc2ccccc2O1)N1CCN(Cc2ccccc2)CC1. The second-order valence-corrected chi connectivity index (χ2v) is 7.18. The molecule has 4 rings (SSSR count). The number of amides is 1. The maximum Gasteiger partial charge on any atom is 0.222 e. The molecule has 0 radical (unpaired) electrons. The van der Waals surface area contributed by atoms with Gasteiger partial charge < -0.3 is 14.4 Å². The van der Waals surface area contributed by atoms with Crippen molar-refractivity contribution < 1.29 is 14.3 Å². The van der Waals surface area contributed by atoms with Crippen LogP contribution >= 0.6 is 0 Å². The fourth-order valence-corrected chi connectivity index (χ4v) is 3.64. The third-order valence-corrected chi connectivity index (χ3v) is 5.22. The van der Waals surface area contributed by atoms with Gasteiger partial charge in [0.25, 0.3) is 0 Å². The van der Waals surface area contributed by atoms with Crippen molar-refractivity contribution in [3.63, 3.8) is 0 Å². The molecule has 1 atom stereocenters. The Labute approximate surface area is 160 Å². The van der Waals surface area contributed by atoms with Gasteiger partial charge in [-0.1, -0.05) is 42.5 Å². The highest BCUT2D eigenvalue weighted by Gasteiger charge is 2.24.